The summed E-state index contributed by atoms with van der Waals surface area (Å²) in [6.07, 6.45) is 14.6. The van der Waals surface area contributed by atoms with Crippen LogP contribution in [0, 0.1) is 0 Å². The molecule has 2 atom stereocenters. The molecule has 1 unspecified atom stereocenters. The van der Waals surface area contributed by atoms with Gasteiger partial charge in [0.15, 0.2) is 0 Å². The number of nitrogens with one attached hydrogen (secondary N) is 1. The molecule has 214 valence electrons. The first-order valence-corrected chi connectivity index (χ1v) is 14.2. The zero-order valence-corrected chi connectivity index (χ0v) is 23.2. The molecule has 0 heterocycles. The molecule has 0 saturated heterocycles. The minimum Gasteiger partial charge on any atom is -0.480 e. The average molecular weight is 546 g/mol. The molecule has 0 rings (SSSR count). The molecule has 0 saturated carbocycles. The topological polar surface area (TPSA) is 167 Å². The van der Waals surface area contributed by atoms with Gasteiger partial charge in [-0.25, -0.2) is 0 Å². The maximum atomic E-state index is 12.8. The van der Waals surface area contributed by atoms with E-state index in [1.54, 1.807) is 0 Å². The number of unbranched alkanes of at least 4 members (excludes halogenated alkanes) is 12. The molecule has 0 aromatic rings. The molecule has 5 N–H and O–H groups in total. The molecule has 0 aromatic heterocycles. The van der Waals surface area contributed by atoms with Crippen LogP contribution in [0.1, 0.15) is 110 Å². The van der Waals surface area contributed by atoms with E-state index in [2.05, 4.69) is 24.9 Å². The third-order valence-corrected chi connectivity index (χ3v) is 6.54. The molecular weight excluding hydrogens is 498 g/mol. The summed E-state index contributed by atoms with van der Waals surface area (Å²) >= 11 is 4.04. The average Bonchev–Trinajstić information content (AvgIpc) is 2.86. The fraction of sp³-hybridized carbons (Fsp3) is 0.808. The summed E-state index contributed by atoms with van der Waals surface area (Å²) in [7, 11) is 0. The standard InChI is InChI=1S/C26H47N3O7S/c1-2-3-4-5-6-7-8-9-10-11-12-13-14-15-23(31)29(18-24(32)33)25(34)21(19-37)28-22(30)17-16-20(27)26(35)36/h20-21,37H,2-19,27H2,1H3,(H,28,30)(H,32,33)(H,35,36)/t20?,21-/m1/s1. The van der Waals surface area contributed by atoms with Crippen LogP contribution >= 0.6 is 12.6 Å². The molecule has 0 bridgehead atoms. The Hall–Kier alpha value is -2.14. The third-order valence-electron chi connectivity index (χ3n) is 6.17. The SMILES string of the molecule is CCCCCCCCCCCCCCCC(=O)N(CC(=O)O)C(=O)[C@@H](CS)NC(=O)CCC(N)C(=O)O. The van der Waals surface area contributed by atoms with Crippen LogP contribution in [-0.4, -0.2) is 69.2 Å². The molecule has 0 aliphatic rings. The third kappa shape index (κ3) is 17.9. The summed E-state index contributed by atoms with van der Waals surface area (Å²) in [6.45, 7) is 1.41. The molecule has 0 aromatic carbocycles. The van der Waals surface area contributed by atoms with Crippen LogP contribution in [0.15, 0.2) is 0 Å². The van der Waals surface area contributed by atoms with Crippen LogP contribution in [0.2, 0.25) is 0 Å². The van der Waals surface area contributed by atoms with Gasteiger partial charge in [-0.15, -0.1) is 0 Å². The number of rotatable bonds is 23. The lowest BCUT2D eigenvalue weighted by molar-refractivity contribution is -0.153. The van der Waals surface area contributed by atoms with Gasteiger partial charge in [0.2, 0.25) is 11.8 Å². The van der Waals surface area contributed by atoms with E-state index in [4.69, 9.17) is 10.8 Å². The molecule has 0 aliphatic heterocycles. The Labute approximate surface area is 226 Å². The highest BCUT2D eigenvalue weighted by Crippen LogP contribution is 2.14. The Morgan fingerprint density at radius 1 is 0.811 bits per heavy atom. The summed E-state index contributed by atoms with van der Waals surface area (Å²) in [5.74, 6) is -4.84. The van der Waals surface area contributed by atoms with E-state index >= 15 is 0 Å². The maximum absolute atomic E-state index is 12.8. The van der Waals surface area contributed by atoms with E-state index in [1.165, 1.54) is 51.4 Å². The van der Waals surface area contributed by atoms with Crippen LogP contribution in [0.4, 0.5) is 0 Å². The van der Waals surface area contributed by atoms with Gasteiger partial charge in [-0.1, -0.05) is 84.0 Å². The number of carbonyl (C=O) groups is 5. The highest BCUT2D eigenvalue weighted by molar-refractivity contribution is 7.80. The van der Waals surface area contributed by atoms with Crippen LogP contribution in [0.3, 0.4) is 0 Å². The molecule has 0 fully saturated rings. The number of amides is 3. The number of carboxylic acid groups (broad SMARTS) is 2. The maximum Gasteiger partial charge on any atom is 0.323 e. The second kappa shape index (κ2) is 21.9. The predicted molar refractivity (Wildman–Crippen MR) is 145 cm³/mol. The Bertz CT molecular complexity index is 706. The van der Waals surface area contributed by atoms with Crippen LogP contribution in [0.5, 0.6) is 0 Å². The van der Waals surface area contributed by atoms with E-state index in [9.17, 15) is 29.1 Å². The zero-order chi connectivity index (χ0) is 28.1. The van der Waals surface area contributed by atoms with E-state index < -0.39 is 48.3 Å². The number of hydrogen-bond donors (Lipinski definition) is 5. The molecule has 11 heteroatoms. The highest BCUT2D eigenvalue weighted by Gasteiger charge is 2.30. The van der Waals surface area contributed by atoms with E-state index in [0.717, 1.165) is 25.7 Å². The molecule has 0 spiro atoms. The number of carboxylic acids is 2. The minimum atomic E-state index is -1.34. The number of hydrogen-bond acceptors (Lipinski definition) is 7. The van der Waals surface area contributed by atoms with Gasteiger partial charge in [-0.05, 0) is 12.8 Å². The number of carbonyl (C=O) groups excluding carboxylic acids is 3. The van der Waals surface area contributed by atoms with Gasteiger partial charge in [0.25, 0.3) is 5.91 Å². The largest absolute Gasteiger partial charge is 0.480 e. The van der Waals surface area contributed by atoms with Crippen molar-refractivity contribution in [2.75, 3.05) is 12.3 Å². The van der Waals surface area contributed by atoms with Gasteiger partial charge in [0.1, 0.15) is 18.6 Å². The van der Waals surface area contributed by atoms with Crippen molar-refractivity contribution in [3.8, 4) is 0 Å². The lowest BCUT2D eigenvalue weighted by Crippen LogP contribution is -2.53. The summed E-state index contributed by atoms with van der Waals surface area (Å²) in [4.78, 5) is 60.3. The minimum absolute atomic E-state index is 0.0392. The van der Waals surface area contributed by atoms with Crippen molar-refractivity contribution in [2.24, 2.45) is 5.73 Å². The predicted octanol–water partition coefficient (Wildman–Crippen LogP) is 3.51. The Balaban J connectivity index is 4.41. The number of aliphatic carboxylic acids is 2. The van der Waals surface area contributed by atoms with Gasteiger partial charge in [-0.3, -0.25) is 28.9 Å². The van der Waals surface area contributed by atoms with Crippen LogP contribution in [-0.2, 0) is 24.0 Å². The molecule has 0 radical (unpaired) electrons. The van der Waals surface area contributed by atoms with Crippen LogP contribution < -0.4 is 11.1 Å². The second-order valence-electron chi connectivity index (χ2n) is 9.49. The van der Waals surface area contributed by atoms with Gasteiger partial charge >= 0.3 is 11.9 Å². The fourth-order valence-electron chi connectivity index (χ4n) is 3.90. The summed E-state index contributed by atoms with van der Waals surface area (Å²) in [5.41, 5.74) is 5.37. The zero-order valence-electron chi connectivity index (χ0n) is 22.3. The summed E-state index contributed by atoms with van der Waals surface area (Å²) < 4.78 is 0. The van der Waals surface area contributed by atoms with E-state index in [-0.39, 0.29) is 25.0 Å². The van der Waals surface area contributed by atoms with E-state index in [0.29, 0.717) is 11.3 Å². The highest BCUT2D eigenvalue weighted by atomic mass is 32.1. The Morgan fingerprint density at radius 2 is 1.30 bits per heavy atom. The lowest BCUT2D eigenvalue weighted by Gasteiger charge is -2.24. The monoisotopic (exact) mass is 545 g/mol. The van der Waals surface area contributed by atoms with Crippen molar-refractivity contribution in [1.29, 1.82) is 0 Å². The normalized spacial score (nSPS) is 12.5. The quantitative estimate of drug-likeness (QED) is 0.0960. The fourth-order valence-corrected chi connectivity index (χ4v) is 4.15. The number of imide groups is 1. The number of nitrogens with zero attached hydrogens (tertiary/aromatic N) is 1. The van der Waals surface area contributed by atoms with Crippen molar-refractivity contribution >= 4 is 42.3 Å². The first-order chi connectivity index (χ1) is 17.6. The Morgan fingerprint density at radius 3 is 1.73 bits per heavy atom. The first-order valence-electron chi connectivity index (χ1n) is 13.6. The summed E-state index contributed by atoms with van der Waals surface area (Å²) in [6, 6.07) is -2.44. The molecule has 0 aliphatic carbocycles. The first kappa shape index (κ1) is 34.9. The van der Waals surface area contributed by atoms with Crippen molar-refractivity contribution in [3.63, 3.8) is 0 Å². The van der Waals surface area contributed by atoms with Gasteiger partial charge in [0, 0.05) is 18.6 Å². The van der Waals surface area contributed by atoms with Crippen LogP contribution in [0.25, 0.3) is 0 Å². The second-order valence-corrected chi connectivity index (χ2v) is 9.86. The molecular formula is C26H47N3O7S. The number of nitrogens with two attached hydrogens (primary N) is 1. The van der Waals surface area contributed by atoms with Crippen molar-refractivity contribution in [1.82, 2.24) is 10.2 Å². The van der Waals surface area contributed by atoms with E-state index in [1.807, 2.05) is 0 Å². The molecule has 10 nitrogen and oxygen atoms in total. The van der Waals surface area contributed by atoms with Crippen molar-refractivity contribution in [2.45, 2.75) is 122 Å². The lowest BCUT2D eigenvalue weighted by atomic mass is 10.0. The summed E-state index contributed by atoms with van der Waals surface area (Å²) in [5, 5.41) is 20.4. The molecule has 3 amide bonds. The Kier molecular flexibility index (Phi) is 20.6. The smallest absolute Gasteiger partial charge is 0.323 e. The molecule has 37 heavy (non-hydrogen) atoms. The van der Waals surface area contributed by atoms with Gasteiger partial charge in [-0.2, -0.15) is 12.6 Å². The van der Waals surface area contributed by atoms with Crippen molar-refractivity contribution in [3.05, 3.63) is 0 Å². The van der Waals surface area contributed by atoms with Gasteiger partial charge in [0.05, 0.1) is 0 Å². The number of thiol groups is 1. The van der Waals surface area contributed by atoms with Gasteiger partial charge < -0.3 is 21.3 Å². The van der Waals surface area contributed by atoms with Crippen molar-refractivity contribution < 1.29 is 34.2 Å².